The maximum Gasteiger partial charge on any atom is 0.314 e. The summed E-state index contributed by atoms with van der Waals surface area (Å²) in [6.07, 6.45) is 6.63. The average molecular weight is 637 g/mol. The number of hydrogen-bond acceptors (Lipinski definition) is 8. The van der Waals surface area contributed by atoms with Crippen LogP contribution >= 0.6 is 11.6 Å². The highest BCUT2D eigenvalue weighted by molar-refractivity contribution is 7.92. The maximum absolute atomic E-state index is 14.9. The number of alkyl halides is 2. The summed E-state index contributed by atoms with van der Waals surface area (Å²) in [6.45, 7) is -0.688. The molecule has 0 spiro atoms. The molecule has 0 saturated carbocycles. The number of nitrogens with zero attached hydrogens (tertiary/aromatic N) is 4. The molecule has 43 heavy (non-hydrogen) atoms. The number of benzene rings is 1. The lowest BCUT2D eigenvalue weighted by Gasteiger charge is -2.27. The van der Waals surface area contributed by atoms with Crippen molar-refractivity contribution in [3.8, 4) is 17.3 Å². The molecule has 2 fully saturated rings. The van der Waals surface area contributed by atoms with Gasteiger partial charge in [-0.25, -0.2) is 9.35 Å². The molecule has 2 aliphatic heterocycles. The number of imidazole rings is 1. The summed E-state index contributed by atoms with van der Waals surface area (Å²) in [4.78, 5) is 9.36. The van der Waals surface area contributed by atoms with Crippen molar-refractivity contribution in [2.45, 2.75) is 68.9 Å². The van der Waals surface area contributed by atoms with Crippen molar-refractivity contribution in [2.24, 2.45) is 4.36 Å². The van der Waals surface area contributed by atoms with Gasteiger partial charge in [0.25, 0.3) is 0 Å². The molecular formula is C30H35ClF2N4O5S. The van der Waals surface area contributed by atoms with E-state index < -0.39 is 40.7 Å². The van der Waals surface area contributed by atoms with Crippen molar-refractivity contribution in [1.29, 1.82) is 0 Å². The van der Waals surface area contributed by atoms with Crippen molar-refractivity contribution < 1.29 is 32.3 Å². The van der Waals surface area contributed by atoms with E-state index in [0.29, 0.717) is 34.9 Å². The van der Waals surface area contributed by atoms with E-state index in [2.05, 4.69) is 15.4 Å². The molecule has 4 heterocycles. The van der Waals surface area contributed by atoms with E-state index in [1.165, 1.54) is 5.57 Å². The smallest absolute Gasteiger partial charge is 0.314 e. The molecule has 9 nitrogen and oxygen atoms in total. The average Bonchev–Trinajstić information content (AvgIpc) is 3.47. The molecule has 1 N–H and O–H groups in total. The summed E-state index contributed by atoms with van der Waals surface area (Å²) in [5.41, 5.74) is 4.43. The number of aromatic nitrogens is 3. The molecule has 6 rings (SSSR count). The summed E-state index contributed by atoms with van der Waals surface area (Å²) in [5.74, 6) is -3.40. The Hall–Kier alpha value is -2.64. The van der Waals surface area contributed by atoms with Gasteiger partial charge in [-0.2, -0.15) is 13.8 Å². The van der Waals surface area contributed by atoms with Gasteiger partial charge in [0.1, 0.15) is 17.8 Å². The second-order valence-electron chi connectivity index (χ2n) is 11.6. The minimum Gasteiger partial charge on any atom is -0.452 e. The first-order chi connectivity index (χ1) is 20.5. The Morgan fingerprint density at radius 3 is 2.56 bits per heavy atom. The van der Waals surface area contributed by atoms with Crippen LogP contribution in [0, 0.1) is 0 Å². The predicted octanol–water partition coefficient (Wildman–Crippen LogP) is 5.89. The topological polar surface area (TPSA) is 108 Å². The molecular weight excluding hydrogens is 602 g/mol. The Morgan fingerprint density at radius 1 is 1.16 bits per heavy atom. The summed E-state index contributed by atoms with van der Waals surface area (Å²) in [5, 5.41) is 9.68. The van der Waals surface area contributed by atoms with Gasteiger partial charge in [0.15, 0.2) is 11.8 Å². The van der Waals surface area contributed by atoms with Crippen LogP contribution in [0.5, 0.6) is 6.01 Å². The standard InChI is InChI=1S/C30H35ClF2N4O5S/c1-43(2,39)36-21-12-10-19(11-13-21)18-6-8-20(9-7-18)27-22(31)15-23-28(35-27)37(26-5-3-4-14-40-26)29(34-23)42-25-17-41-24(16-38)30(25,32)33/h6-10,15,21,24-26,38H,3-5,11-14,16-17H2,1-2H3/t21?,24-,25-,26?/m1/s1. The first kappa shape index (κ1) is 30.4. The van der Waals surface area contributed by atoms with Gasteiger partial charge in [-0.05, 0) is 55.7 Å². The van der Waals surface area contributed by atoms with Crippen LogP contribution in [0.4, 0.5) is 8.78 Å². The zero-order chi connectivity index (χ0) is 30.4. The largest absolute Gasteiger partial charge is 0.452 e. The first-order valence-electron chi connectivity index (χ1n) is 14.5. The lowest BCUT2D eigenvalue weighted by Crippen LogP contribution is -2.43. The SMILES string of the molecule is CS(C)(=O)=NC1CC=C(c2ccc(-c3nc4c(cc3Cl)nc(O[C@@H]3CO[C@H](CO)C3(F)F)n4C3CCCCO3)cc2)CC1. The first-order valence-corrected chi connectivity index (χ1v) is 17.2. The molecule has 3 aliphatic rings. The molecule has 2 saturated heterocycles. The number of hydrogen-bond donors (Lipinski definition) is 1. The van der Waals surface area contributed by atoms with E-state index in [4.69, 9.17) is 30.8 Å². The van der Waals surface area contributed by atoms with E-state index in [-0.39, 0.29) is 18.7 Å². The van der Waals surface area contributed by atoms with Gasteiger partial charge in [-0.1, -0.05) is 41.9 Å². The van der Waals surface area contributed by atoms with Crippen molar-refractivity contribution >= 4 is 38.1 Å². The van der Waals surface area contributed by atoms with E-state index in [0.717, 1.165) is 43.2 Å². The van der Waals surface area contributed by atoms with Gasteiger partial charge in [0.2, 0.25) is 0 Å². The lowest BCUT2D eigenvalue weighted by molar-refractivity contribution is -0.121. The molecule has 232 valence electrons. The molecule has 2 aromatic heterocycles. The summed E-state index contributed by atoms with van der Waals surface area (Å²) in [7, 11) is -2.13. The fourth-order valence-corrected chi connectivity index (χ4v) is 7.04. The fraction of sp³-hybridized carbons (Fsp3) is 0.533. The van der Waals surface area contributed by atoms with E-state index in [1.807, 2.05) is 24.3 Å². The molecule has 2 unspecified atom stereocenters. The Bertz CT molecular complexity index is 1640. The number of allylic oxidation sites excluding steroid dienone is 1. The number of pyridine rings is 1. The van der Waals surface area contributed by atoms with Gasteiger partial charge in [-0.3, -0.25) is 8.78 Å². The maximum atomic E-state index is 14.9. The van der Waals surface area contributed by atoms with Crippen molar-refractivity contribution in [2.75, 3.05) is 32.3 Å². The number of ether oxygens (including phenoxy) is 3. The Labute approximate surface area is 254 Å². The van der Waals surface area contributed by atoms with Gasteiger partial charge >= 0.3 is 11.9 Å². The third kappa shape index (κ3) is 6.30. The van der Waals surface area contributed by atoms with Crippen LogP contribution in [0.3, 0.4) is 0 Å². The van der Waals surface area contributed by atoms with Crippen LogP contribution < -0.4 is 4.74 Å². The van der Waals surface area contributed by atoms with Crippen molar-refractivity contribution in [1.82, 2.24) is 14.5 Å². The zero-order valence-corrected chi connectivity index (χ0v) is 25.6. The summed E-state index contributed by atoms with van der Waals surface area (Å²) < 4.78 is 64.7. The third-order valence-corrected chi connectivity index (χ3v) is 9.16. The number of rotatable bonds is 7. The van der Waals surface area contributed by atoms with Crippen LogP contribution in [0.2, 0.25) is 5.02 Å². The summed E-state index contributed by atoms with van der Waals surface area (Å²) in [6, 6.07) is 9.65. The molecule has 4 atom stereocenters. The molecule has 1 aromatic carbocycles. The van der Waals surface area contributed by atoms with Crippen LogP contribution in [0.25, 0.3) is 28.0 Å². The van der Waals surface area contributed by atoms with Crippen molar-refractivity contribution in [3.63, 3.8) is 0 Å². The van der Waals surface area contributed by atoms with E-state index in [1.54, 1.807) is 23.1 Å². The number of halogens is 3. The Balaban J connectivity index is 1.32. The highest BCUT2D eigenvalue weighted by atomic mass is 35.5. The Morgan fingerprint density at radius 2 is 1.93 bits per heavy atom. The fourth-order valence-electron chi connectivity index (χ4n) is 5.88. The quantitative estimate of drug-likeness (QED) is 0.345. The van der Waals surface area contributed by atoms with Gasteiger partial charge in [0, 0.05) is 34.4 Å². The summed E-state index contributed by atoms with van der Waals surface area (Å²) >= 11 is 6.70. The van der Waals surface area contributed by atoms with Crippen LogP contribution in [0.15, 0.2) is 40.8 Å². The number of fused-ring (bicyclic) bond motifs is 1. The third-order valence-electron chi connectivity index (χ3n) is 8.07. The van der Waals surface area contributed by atoms with Gasteiger partial charge in [-0.15, -0.1) is 0 Å². The molecule has 13 heteroatoms. The number of aliphatic hydroxyl groups is 1. The molecule has 1 aliphatic carbocycles. The minimum atomic E-state index is -3.40. The lowest BCUT2D eigenvalue weighted by atomic mass is 9.90. The molecule has 0 radical (unpaired) electrons. The highest BCUT2D eigenvalue weighted by Crippen LogP contribution is 2.39. The van der Waals surface area contributed by atoms with Gasteiger partial charge in [0.05, 0.1) is 30.0 Å². The second-order valence-corrected chi connectivity index (χ2v) is 14.5. The molecule has 0 amide bonds. The number of aliphatic hydroxyl groups excluding tert-OH is 1. The van der Waals surface area contributed by atoms with E-state index in [9.17, 15) is 18.1 Å². The molecule has 0 bridgehead atoms. The predicted molar refractivity (Wildman–Crippen MR) is 161 cm³/mol. The normalized spacial score (nSPS) is 26.0. The Kier molecular flexibility index (Phi) is 8.51. The molecule has 3 aromatic rings. The van der Waals surface area contributed by atoms with Crippen LogP contribution in [-0.2, 0) is 19.2 Å². The van der Waals surface area contributed by atoms with Crippen molar-refractivity contribution in [3.05, 3.63) is 47.0 Å². The van der Waals surface area contributed by atoms with Gasteiger partial charge < -0.3 is 19.3 Å². The van der Waals surface area contributed by atoms with E-state index >= 15 is 0 Å². The monoisotopic (exact) mass is 636 g/mol. The van der Waals surface area contributed by atoms with Crippen LogP contribution in [0.1, 0.15) is 50.3 Å². The minimum absolute atomic E-state index is 0.0546. The van der Waals surface area contributed by atoms with Crippen LogP contribution in [-0.4, -0.2) is 80.4 Å². The second kappa shape index (κ2) is 12.0. The highest BCUT2D eigenvalue weighted by Gasteiger charge is 2.55. The zero-order valence-electron chi connectivity index (χ0n) is 24.0.